The molecule has 0 radical (unpaired) electrons. The van der Waals surface area contributed by atoms with Crippen LogP contribution in [0.3, 0.4) is 0 Å². The minimum absolute atomic E-state index is 0.130. The average Bonchev–Trinajstić information content (AvgIpc) is 2.48. The molecule has 6 heteroatoms. The van der Waals surface area contributed by atoms with Crippen molar-refractivity contribution in [1.29, 1.82) is 0 Å². The maximum Gasteiger partial charge on any atom is 0.233 e. The Labute approximate surface area is 124 Å². The summed E-state index contributed by atoms with van der Waals surface area (Å²) in [6.45, 7) is 2.20. The third kappa shape index (κ3) is 4.46. The number of hydrogen-bond donors (Lipinski definition) is 1. The van der Waals surface area contributed by atoms with E-state index in [1.54, 1.807) is 4.90 Å². The number of benzene rings is 1. The molecular weight excluding hydrogens is 270 g/mol. The highest BCUT2D eigenvalue weighted by atomic mass is 16.5. The molecule has 0 unspecified atom stereocenters. The highest BCUT2D eigenvalue weighted by Gasteiger charge is 2.19. The second kappa shape index (κ2) is 7.08. The van der Waals surface area contributed by atoms with Crippen LogP contribution >= 0.6 is 0 Å². The van der Waals surface area contributed by atoms with E-state index in [0.29, 0.717) is 32.0 Å². The van der Waals surface area contributed by atoms with Crippen LogP contribution in [0.4, 0.5) is 11.4 Å². The molecule has 0 aliphatic carbocycles. The molecule has 0 aromatic heterocycles. The Bertz CT molecular complexity index is 493. The summed E-state index contributed by atoms with van der Waals surface area (Å²) in [6.07, 6.45) is -0.130. The summed E-state index contributed by atoms with van der Waals surface area (Å²) in [5.41, 5.74) is 1.75. The van der Waals surface area contributed by atoms with Gasteiger partial charge in [-0.3, -0.25) is 9.59 Å². The van der Waals surface area contributed by atoms with E-state index in [4.69, 9.17) is 4.74 Å². The van der Waals surface area contributed by atoms with Crippen molar-refractivity contribution in [2.45, 2.75) is 6.42 Å². The van der Waals surface area contributed by atoms with Crippen molar-refractivity contribution in [3.05, 3.63) is 24.3 Å². The first-order valence-electron chi connectivity index (χ1n) is 6.99. The van der Waals surface area contributed by atoms with E-state index in [2.05, 4.69) is 5.32 Å². The zero-order chi connectivity index (χ0) is 15.2. The Kier molecular flexibility index (Phi) is 5.16. The molecule has 1 aliphatic heterocycles. The van der Waals surface area contributed by atoms with Gasteiger partial charge in [-0.05, 0) is 24.3 Å². The summed E-state index contributed by atoms with van der Waals surface area (Å²) in [5.74, 6) is -0.440. The maximum absolute atomic E-state index is 11.9. The van der Waals surface area contributed by atoms with Gasteiger partial charge in [0.1, 0.15) is 6.42 Å². The van der Waals surface area contributed by atoms with Gasteiger partial charge >= 0.3 is 0 Å². The lowest BCUT2D eigenvalue weighted by Gasteiger charge is -2.26. The fourth-order valence-electron chi connectivity index (χ4n) is 2.11. The number of nitrogens with zero attached hydrogens (tertiary/aromatic N) is 2. The van der Waals surface area contributed by atoms with Crippen molar-refractivity contribution in [1.82, 2.24) is 4.90 Å². The Balaban J connectivity index is 1.84. The van der Waals surface area contributed by atoms with E-state index in [1.807, 2.05) is 43.3 Å². The molecule has 1 N–H and O–H groups in total. The fraction of sp³-hybridized carbons (Fsp3) is 0.467. The molecule has 1 aliphatic rings. The first-order chi connectivity index (χ1) is 10.1. The van der Waals surface area contributed by atoms with Crippen LogP contribution in [0.25, 0.3) is 0 Å². The van der Waals surface area contributed by atoms with Crippen molar-refractivity contribution in [3.8, 4) is 0 Å². The number of nitrogens with one attached hydrogen (secondary N) is 1. The lowest BCUT2D eigenvalue weighted by Crippen LogP contribution is -2.41. The number of morpholine rings is 1. The summed E-state index contributed by atoms with van der Waals surface area (Å²) in [7, 11) is 3.91. The SMILES string of the molecule is CN(C)c1ccc(NC(=O)CC(=O)N2CCOCC2)cc1. The van der Waals surface area contributed by atoms with Crippen molar-refractivity contribution < 1.29 is 14.3 Å². The smallest absolute Gasteiger partial charge is 0.233 e. The van der Waals surface area contributed by atoms with Gasteiger partial charge in [0.05, 0.1) is 13.2 Å². The van der Waals surface area contributed by atoms with Crippen LogP contribution in [-0.4, -0.2) is 57.1 Å². The summed E-state index contributed by atoms with van der Waals surface area (Å²) >= 11 is 0. The van der Waals surface area contributed by atoms with Gasteiger partial charge in [0.25, 0.3) is 0 Å². The molecule has 1 aromatic rings. The van der Waals surface area contributed by atoms with Crippen molar-refractivity contribution >= 4 is 23.2 Å². The monoisotopic (exact) mass is 291 g/mol. The number of anilines is 2. The molecule has 0 bridgehead atoms. The van der Waals surface area contributed by atoms with Crippen LogP contribution in [-0.2, 0) is 14.3 Å². The van der Waals surface area contributed by atoms with Gasteiger partial charge in [0.2, 0.25) is 11.8 Å². The Morgan fingerprint density at radius 1 is 1.19 bits per heavy atom. The van der Waals surface area contributed by atoms with Crippen molar-refractivity contribution in [2.75, 3.05) is 50.6 Å². The summed E-state index contributed by atoms with van der Waals surface area (Å²) in [4.78, 5) is 27.5. The Morgan fingerprint density at radius 2 is 1.81 bits per heavy atom. The van der Waals surface area contributed by atoms with E-state index in [9.17, 15) is 9.59 Å². The largest absolute Gasteiger partial charge is 0.378 e. The molecule has 2 rings (SSSR count). The van der Waals surface area contributed by atoms with Gasteiger partial charge < -0.3 is 19.9 Å². The second-order valence-corrected chi connectivity index (χ2v) is 5.16. The Hall–Kier alpha value is -2.08. The van der Waals surface area contributed by atoms with Crippen LogP contribution in [0.1, 0.15) is 6.42 Å². The van der Waals surface area contributed by atoms with Gasteiger partial charge in [-0.25, -0.2) is 0 Å². The van der Waals surface area contributed by atoms with Gasteiger partial charge in [-0.15, -0.1) is 0 Å². The van der Waals surface area contributed by atoms with Crippen LogP contribution < -0.4 is 10.2 Å². The van der Waals surface area contributed by atoms with Crippen molar-refractivity contribution in [2.24, 2.45) is 0 Å². The average molecular weight is 291 g/mol. The molecule has 0 atom stereocenters. The topological polar surface area (TPSA) is 61.9 Å². The lowest BCUT2D eigenvalue weighted by molar-refractivity contribution is -0.138. The molecule has 0 spiro atoms. The number of carbonyl (C=O) groups excluding carboxylic acids is 2. The third-order valence-corrected chi connectivity index (χ3v) is 3.34. The molecule has 6 nitrogen and oxygen atoms in total. The highest BCUT2D eigenvalue weighted by molar-refractivity contribution is 6.03. The fourth-order valence-corrected chi connectivity index (χ4v) is 2.11. The number of ether oxygens (including phenoxy) is 1. The molecule has 1 fully saturated rings. The van der Waals surface area contributed by atoms with E-state index >= 15 is 0 Å². The third-order valence-electron chi connectivity index (χ3n) is 3.34. The first-order valence-corrected chi connectivity index (χ1v) is 6.99. The summed E-state index contributed by atoms with van der Waals surface area (Å²) in [6, 6.07) is 7.48. The van der Waals surface area contributed by atoms with Gasteiger partial charge in [-0.2, -0.15) is 0 Å². The quantitative estimate of drug-likeness (QED) is 0.839. The van der Waals surface area contributed by atoms with Gasteiger partial charge in [0, 0.05) is 38.6 Å². The van der Waals surface area contributed by atoms with E-state index < -0.39 is 0 Å². The normalized spacial score (nSPS) is 14.7. The molecule has 0 saturated carbocycles. The number of carbonyl (C=O) groups is 2. The van der Waals surface area contributed by atoms with Crippen molar-refractivity contribution in [3.63, 3.8) is 0 Å². The van der Waals surface area contributed by atoms with Gasteiger partial charge in [0.15, 0.2) is 0 Å². The first kappa shape index (κ1) is 15.3. The molecular formula is C15H21N3O3. The Morgan fingerprint density at radius 3 is 2.38 bits per heavy atom. The number of amides is 2. The zero-order valence-electron chi connectivity index (χ0n) is 12.5. The van der Waals surface area contributed by atoms with Crippen LogP contribution in [0, 0.1) is 0 Å². The minimum Gasteiger partial charge on any atom is -0.378 e. The molecule has 1 saturated heterocycles. The highest BCUT2D eigenvalue weighted by Crippen LogP contribution is 2.15. The molecule has 2 amide bonds. The van der Waals surface area contributed by atoms with Crippen LogP contribution in [0.5, 0.6) is 0 Å². The summed E-state index contributed by atoms with van der Waals surface area (Å²) in [5, 5.41) is 2.74. The van der Waals surface area contributed by atoms with Gasteiger partial charge in [-0.1, -0.05) is 0 Å². The maximum atomic E-state index is 11.9. The number of hydrogen-bond acceptors (Lipinski definition) is 4. The number of rotatable bonds is 4. The predicted molar refractivity (Wildman–Crippen MR) is 81.4 cm³/mol. The standard InChI is InChI=1S/C15H21N3O3/c1-17(2)13-5-3-12(4-6-13)16-14(19)11-15(20)18-7-9-21-10-8-18/h3-6H,7-11H2,1-2H3,(H,16,19). The second-order valence-electron chi connectivity index (χ2n) is 5.16. The molecule has 21 heavy (non-hydrogen) atoms. The predicted octanol–water partition coefficient (Wildman–Crippen LogP) is 0.940. The van der Waals surface area contributed by atoms with Crippen LogP contribution in [0.15, 0.2) is 24.3 Å². The molecule has 1 heterocycles. The minimum atomic E-state index is -0.288. The summed E-state index contributed by atoms with van der Waals surface area (Å²) < 4.78 is 5.18. The molecule has 114 valence electrons. The lowest BCUT2D eigenvalue weighted by atomic mass is 10.2. The zero-order valence-corrected chi connectivity index (χ0v) is 12.5. The van der Waals surface area contributed by atoms with E-state index in [1.165, 1.54) is 0 Å². The van der Waals surface area contributed by atoms with E-state index in [0.717, 1.165) is 5.69 Å². The molecule has 1 aromatic carbocycles. The van der Waals surface area contributed by atoms with Crippen LogP contribution in [0.2, 0.25) is 0 Å². The van der Waals surface area contributed by atoms with E-state index in [-0.39, 0.29) is 18.2 Å².